The molecule has 0 atom stereocenters. The first-order valence-electron chi connectivity index (χ1n) is 3.08. The lowest BCUT2D eigenvalue weighted by molar-refractivity contribution is 0.0687. The predicted molar refractivity (Wildman–Crippen MR) is 48.4 cm³/mol. The number of hydrogen-bond acceptors (Lipinski definition) is 5. The molecule has 0 unspecified atom stereocenters. The Kier molecular flexibility index (Phi) is 2.48. The summed E-state index contributed by atoms with van der Waals surface area (Å²) < 4.78 is 5.41. The highest BCUT2D eigenvalue weighted by Crippen LogP contribution is 2.18. The highest BCUT2D eigenvalue weighted by Gasteiger charge is 2.17. The molecule has 0 fully saturated rings. The highest BCUT2D eigenvalue weighted by molar-refractivity contribution is 7.13. The number of halogens is 1. The number of nitrogens with zero attached hydrogens (tertiary/aromatic N) is 4. The number of carbonyl (C=O) groups is 1. The van der Waals surface area contributed by atoms with Crippen LogP contribution in [0, 0.1) is 0 Å². The van der Waals surface area contributed by atoms with Gasteiger partial charge in [0.05, 0.1) is 0 Å². The minimum atomic E-state index is -1.01. The van der Waals surface area contributed by atoms with Crippen LogP contribution in [0.1, 0.15) is 10.5 Å². The molecular formula is C5H5ClN4O2S. The molecule has 8 heteroatoms. The highest BCUT2D eigenvalue weighted by atomic mass is 35.5. The summed E-state index contributed by atoms with van der Waals surface area (Å²) in [7, 11) is 1.57. The molecule has 2 aromatic rings. The summed E-state index contributed by atoms with van der Waals surface area (Å²) in [5.41, 5.74) is 0.528. The number of carboxylic acids is 1. The molecule has 1 N–H and O–H groups in total. The summed E-state index contributed by atoms with van der Waals surface area (Å²) in [5.74, 6) is -1.01. The first-order chi connectivity index (χ1) is 5.70. The monoisotopic (exact) mass is 220 g/mol. The second-order valence-electron chi connectivity index (χ2n) is 2.20. The summed E-state index contributed by atoms with van der Waals surface area (Å²) >= 11 is 1.04. The van der Waals surface area contributed by atoms with E-state index in [1.807, 2.05) is 0 Å². The Bertz CT molecular complexity index is 450. The van der Waals surface area contributed by atoms with Crippen LogP contribution >= 0.6 is 23.9 Å². The van der Waals surface area contributed by atoms with Crippen LogP contribution < -0.4 is 0 Å². The van der Waals surface area contributed by atoms with Gasteiger partial charge < -0.3 is 5.11 Å². The molecule has 0 saturated heterocycles. The summed E-state index contributed by atoms with van der Waals surface area (Å²) in [5, 5.41) is 16.3. The van der Waals surface area contributed by atoms with Crippen molar-refractivity contribution in [1.29, 1.82) is 0 Å². The van der Waals surface area contributed by atoms with Crippen LogP contribution in [0.25, 0.3) is 10.3 Å². The molecule has 0 aliphatic carbocycles. The minimum absolute atomic E-state index is 0. The maximum absolute atomic E-state index is 10.7. The van der Waals surface area contributed by atoms with Crippen LogP contribution in [0.2, 0.25) is 0 Å². The molecule has 2 heterocycles. The molecule has 0 aromatic carbocycles. The fraction of sp³-hybridized carbons (Fsp3) is 0.200. The lowest BCUT2D eigenvalue weighted by atomic mass is 10.4. The maximum atomic E-state index is 10.7. The zero-order valence-electron chi connectivity index (χ0n) is 6.46. The zero-order chi connectivity index (χ0) is 8.72. The van der Waals surface area contributed by atoms with Crippen LogP contribution in [-0.4, -0.2) is 30.4 Å². The van der Waals surface area contributed by atoms with Crippen molar-refractivity contribution in [3.8, 4) is 0 Å². The summed E-state index contributed by atoms with van der Waals surface area (Å²) in [6, 6.07) is 0. The fourth-order valence-corrected chi connectivity index (χ4v) is 1.64. The Labute approximate surface area is 82.7 Å². The third-order valence-corrected chi connectivity index (χ3v) is 2.18. The van der Waals surface area contributed by atoms with E-state index < -0.39 is 5.97 Å². The van der Waals surface area contributed by atoms with Crippen LogP contribution in [0.4, 0.5) is 0 Å². The smallest absolute Gasteiger partial charge is 0.355 e. The molecule has 0 amide bonds. The van der Waals surface area contributed by atoms with Crippen molar-refractivity contribution >= 4 is 40.3 Å². The van der Waals surface area contributed by atoms with Crippen LogP contribution in [0.5, 0.6) is 0 Å². The van der Waals surface area contributed by atoms with E-state index in [1.165, 1.54) is 4.68 Å². The van der Waals surface area contributed by atoms with E-state index in [0.29, 0.717) is 10.3 Å². The van der Waals surface area contributed by atoms with Crippen LogP contribution in [0.15, 0.2) is 0 Å². The molecule has 70 valence electrons. The molecule has 0 saturated carbocycles. The van der Waals surface area contributed by atoms with Gasteiger partial charge in [0.25, 0.3) is 0 Å². The lowest BCUT2D eigenvalue weighted by Gasteiger charge is -1.91. The summed E-state index contributed by atoms with van der Waals surface area (Å²) in [4.78, 5) is 10.7. The van der Waals surface area contributed by atoms with Gasteiger partial charge in [-0.05, 0) is 11.5 Å². The second-order valence-corrected chi connectivity index (χ2v) is 2.96. The van der Waals surface area contributed by atoms with Crippen molar-refractivity contribution in [3.05, 3.63) is 5.69 Å². The third-order valence-electron chi connectivity index (χ3n) is 1.46. The van der Waals surface area contributed by atoms with E-state index in [2.05, 4.69) is 14.7 Å². The van der Waals surface area contributed by atoms with Gasteiger partial charge in [0.1, 0.15) is 4.70 Å². The standard InChI is InChI=1S/C5H4N4O2S.ClH/c1-9-2(5(10)11)3-4(7-9)6-8-12-3;/h1H3,(H,10,11);1H. The van der Waals surface area contributed by atoms with Gasteiger partial charge in [-0.2, -0.15) is 0 Å². The van der Waals surface area contributed by atoms with Gasteiger partial charge in [0, 0.05) is 7.05 Å². The summed E-state index contributed by atoms with van der Waals surface area (Å²) in [6.07, 6.45) is 0. The Hall–Kier alpha value is -1.21. The molecule has 0 spiro atoms. The van der Waals surface area contributed by atoms with Gasteiger partial charge in [-0.25, -0.2) is 4.79 Å². The number of aromatic carboxylic acids is 1. The van der Waals surface area contributed by atoms with E-state index in [0.717, 1.165) is 11.5 Å². The van der Waals surface area contributed by atoms with Gasteiger partial charge in [-0.3, -0.25) is 4.68 Å². The van der Waals surface area contributed by atoms with E-state index in [9.17, 15) is 4.79 Å². The van der Waals surface area contributed by atoms with Crippen LogP contribution in [-0.2, 0) is 7.05 Å². The van der Waals surface area contributed by atoms with Crippen molar-refractivity contribution in [2.45, 2.75) is 0 Å². The fourth-order valence-electron chi connectivity index (χ4n) is 0.975. The third kappa shape index (κ3) is 1.36. The van der Waals surface area contributed by atoms with E-state index in [-0.39, 0.29) is 18.1 Å². The normalized spacial score (nSPS) is 9.92. The molecule has 2 aromatic heterocycles. The zero-order valence-corrected chi connectivity index (χ0v) is 8.09. The number of carboxylic acid groups (broad SMARTS) is 1. The van der Waals surface area contributed by atoms with Gasteiger partial charge in [-0.1, -0.05) is 4.49 Å². The molecule has 6 nitrogen and oxygen atoms in total. The number of aryl methyl sites for hydroxylation is 1. The van der Waals surface area contributed by atoms with Gasteiger partial charge in [0.2, 0.25) is 5.65 Å². The van der Waals surface area contributed by atoms with Gasteiger partial charge >= 0.3 is 5.97 Å². The van der Waals surface area contributed by atoms with Gasteiger partial charge in [-0.15, -0.1) is 22.6 Å². The van der Waals surface area contributed by atoms with Crippen molar-refractivity contribution < 1.29 is 9.90 Å². The SMILES string of the molecule is Cl.Cn1nc2nnsc2c1C(=O)O. The van der Waals surface area contributed by atoms with E-state index >= 15 is 0 Å². The minimum Gasteiger partial charge on any atom is -0.476 e. The lowest BCUT2D eigenvalue weighted by Crippen LogP contribution is -2.05. The Balaban J connectivity index is 0.000000845. The number of rotatable bonds is 1. The van der Waals surface area contributed by atoms with E-state index in [4.69, 9.17) is 5.11 Å². The van der Waals surface area contributed by atoms with Crippen molar-refractivity contribution in [1.82, 2.24) is 19.4 Å². The first kappa shape index (κ1) is 9.87. The Morgan fingerprint density at radius 3 is 2.92 bits per heavy atom. The molecule has 0 aliphatic heterocycles. The maximum Gasteiger partial charge on any atom is 0.355 e. The molecule has 0 aliphatic rings. The molecule has 2 rings (SSSR count). The van der Waals surface area contributed by atoms with Crippen LogP contribution in [0.3, 0.4) is 0 Å². The Morgan fingerprint density at radius 1 is 1.62 bits per heavy atom. The predicted octanol–water partition coefficient (Wildman–Crippen LogP) is 0.545. The topological polar surface area (TPSA) is 80.9 Å². The van der Waals surface area contributed by atoms with Crippen molar-refractivity contribution in [2.75, 3.05) is 0 Å². The number of hydrogen-bond donors (Lipinski definition) is 1. The average Bonchev–Trinajstić information content (AvgIpc) is 2.44. The first-order valence-corrected chi connectivity index (χ1v) is 3.86. The van der Waals surface area contributed by atoms with Gasteiger partial charge in [0.15, 0.2) is 5.69 Å². The molecular weight excluding hydrogens is 216 g/mol. The van der Waals surface area contributed by atoms with Crippen molar-refractivity contribution in [3.63, 3.8) is 0 Å². The van der Waals surface area contributed by atoms with E-state index in [1.54, 1.807) is 7.05 Å². The summed E-state index contributed by atoms with van der Waals surface area (Å²) in [6.45, 7) is 0. The Morgan fingerprint density at radius 2 is 2.31 bits per heavy atom. The molecule has 0 radical (unpaired) electrons. The van der Waals surface area contributed by atoms with Crippen molar-refractivity contribution in [2.24, 2.45) is 7.05 Å². The largest absolute Gasteiger partial charge is 0.476 e. The average molecular weight is 221 g/mol. The second kappa shape index (κ2) is 3.27. The molecule has 0 bridgehead atoms. The number of aromatic nitrogens is 4. The quantitative estimate of drug-likeness (QED) is 0.759. The molecule has 13 heavy (non-hydrogen) atoms. The number of fused-ring (bicyclic) bond motifs is 1.